The van der Waals surface area contributed by atoms with Gasteiger partial charge in [-0.25, -0.2) is 0 Å². The van der Waals surface area contributed by atoms with Crippen molar-refractivity contribution < 1.29 is 23.0 Å². The van der Waals surface area contributed by atoms with Gasteiger partial charge in [0.2, 0.25) is 0 Å². The number of amides is 1. The number of methoxy groups -OCH3 is 1. The van der Waals surface area contributed by atoms with E-state index in [0.29, 0.717) is 19.7 Å². The van der Waals surface area contributed by atoms with Gasteiger partial charge in [-0.2, -0.15) is 8.78 Å². The molecule has 22 heavy (non-hydrogen) atoms. The molecule has 1 heterocycles. The molecule has 0 aliphatic carbocycles. The van der Waals surface area contributed by atoms with Crippen LogP contribution in [0.3, 0.4) is 0 Å². The molecule has 0 radical (unpaired) electrons. The zero-order chi connectivity index (χ0) is 15.9. The van der Waals surface area contributed by atoms with Crippen molar-refractivity contribution in [2.45, 2.75) is 6.61 Å². The molecular formula is C15H20F2N2O3. The Hall–Kier alpha value is -1.73. The Bertz CT molecular complexity index is 491. The summed E-state index contributed by atoms with van der Waals surface area (Å²) >= 11 is 0. The van der Waals surface area contributed by atoms with E-state index in [0.717, 1.165) is 19.6 Å². The van der Waals surface area contributed by atoms with Crippen molar-refractivity contribution in [3.8, 4) is 5.75 Å². The summed E-state index contributed by atoms with van der Waals surface area (Å²) < 4.78 is 34.3. The van der Waals surface area contributed by atoms with Gasteiger partial charge in [-0.15, -0.1) is 0 Å². The van der Waals surface area contributed by atoms with Gasteiger partial charge in [0.15, 0.2) is 0 Å². The quantitative estimate of drug-likeness (QED) is 0.801. The second-order valence-electron chi connectivity index (χ2n) is 5.00. The van der Waals surface area contributed by atoms with Gasteiger partial charge in [-0.3, -0.25) is 9.69 Å². The Balaban J connectivity index is 1.98. The number of piperazine rings is 1. The molecule has 5 nitrogen and oxygen atoms in total. The molecule has 0 saturated carbocycles. The zero-order valence-corrected chi connectivity index (χ0v) is 12.5. The highest BCUT2D eigenvalue weighted by molar-refractivity contribution is 5.97. The molecule has 1 aliphatic rings. The number of halogens is 2. The predicted octanol–water partition coefficient (Wildman–Crippen LogP) is 1.69. The minimum absolute atomic E-state index is 0.0793. The average Bonchev–Trinajstić information content (AvgIpc) is 2.53. The molecular weight excluding hydrogens is 294 g/mol. The summed E-state index contributed by atoms with van der Waals surface area (Å²) in [6.07, 6.45) is 0. The van der Waals surface area contributed by atoms with Crippen molar-refractivity contribution in [1.82, 2.24) is 9.80 Å². The van der Waals surface area contributed by atoms with Gasteiger partial charge in [0.05, 0.1) is 12.2 Å². The third-order valence-electron chi connectivity index (χ3n) is 3.60. The van der Waals surface area contributed by atoms with Crippen molar-refractivity contribution >= 4 is 5.91 Å². The molecule has 122 valence electrons. The largest absolute Gasteiger partial charge is 0.434 e. The number of rotatable bonds is 6. The van der Waals surface area contributed by atoms with Crippen LogP contribution in [0.4, 0.5) is 8.78 Å². The standard InChI is InChI=1S/C15H20F2N2O3/c1-21-11-10-18-6-8-19(9-7-18)14(20)12-4-2-3-5-13(12)22-15(16)17/h2-5,15H,6-11H2,1H3. The highest BCUT2D eigenvalue weighted by Gasteiger charge is 2.24. The van der Waals surface area contributed by atoms with Gasteiger partial charge in [-0.05, 0) is 12.1 Å². The van der Waals surface area contributed by atoms with Crippen LogP contribution in [0, 0.1) is 0 Å². The van der Waals surface area contributed by atoms with Gasteiger partial charge >= 0.3 is 6.61 Å². The van der Waals surface area contributed by atoms with E-state index in [1.165, 1.54) is 12.1 Å². The van der Waals surface area contributed by atoms with E-state index in [1.807, 2.05) is 0 Å². The third kappa shape index (κ3) is 4.38. The average molecular weight is 314 g/mol. The first-order valence-electron chi connectivity index (χ1n) is 7.16. The maximum atomic E-state index is 12.5. The zero-order valence-electron chi connectivity index (χ0n) is 12.5. The molecule has 0 spiro atoms. The number of benzene rings is 1. The first kappa shape index (κ1) is 16.6. The van der Waals surface area contributed by atoms with Crippen LogP contribution >= 0.6 is 0 Å². The van der Waals surface area contributed by atoms with Crippen LogP contribution in [-0.2, 0) is 4.74 Å². The number of para-hydroxylation sites is 1. The first-order chi connectivity index (χ1) is 10.6. The van der Waals surface area contributed by atoms with E-state index in [-0.39, 0.29) is 17.2 Å². The Morgan fingerprint density at radius 3 is 2.55 bits per heavy atom. The minimum atomic E-state index is -2.94. The topological polar surface area (TPSA) is 42.0 Å². The normalized spacial score (nSPS) is 16.1. The molecule has 1 aromatic carbocycles. The van der Waals surface area contributed by atoms with Gasteiger partial charge in [-0.1, -0.05) is 12.1 Å². The third-order valence-corrected chi connectivity index (χ3v) is 3.60. The highest BCUT2D eigenvalue weighted by atomic mass is 19.3. The molecule has 7 heteroatoms. The van der Waals surface area contributed by atoms with Gasteiger partial charge in [0, 0.05) is 39.8 Å². The predicted molar refractivity (Wildman–Crippen MR) is 77.3 cm³/mol. The summed E-state index contributed by atoms with van der Waals surface area (Å²) in [5.41, 5.74) is 0.174. The molecule has 0 N–H and O–H groups in total. The molecule has 1 aliphatic heterocycles. The van der Waals surface area contributed by atoms with Gasteiger partial charge in [0.25, 0.3) is 5.91 Å². The lowest BCUT2D eigenvalue weighted by Gasteiger charge is -2.34. The van der Waals surface area contributed by atoms with Crippen molar-refractivity contribution in [2.75, 3.05) is 46.4 Å². The molecule has 0 atom stereocenters. The van der Waals surface area contributed by atoms with E-state index in [9.17, 15) is 13.6 Å². The summed E-state index contributed by atoms with van der Waals surface area (Å²) in [5.74, 6) is -0.355. The minimum Gasteiger partial charge on any atom is -0.434 e. The lowest BCUT2D eigenvalue weighted by Crippen LogP contribution is -2.49. The lowest BCUT2D eigenvalue weighted by molar-refractivity contribution is -0.0503. The maximum Gasteiger partial charge on any atom is 0.387 e. The van der Waals surface area contributed by atoms with E-state index >= 15 is 0 Å². The molecule has 0 bridgehead atoms. The second-order valence-corrected chi connectivity index (χ2v) is 5.00. The van der Waals surface area contributed by atoms with Crippen molar-refractivity contribution in [1.29, 1.82) is 0 Å². The van der Waals surface area contributed by atoms with Gasteiger partial charge < -0.3 is 14.4 Å². The smallest absolute Gasteiger partial charge is 0.387 e. The summed E-state index contributed by atoms with van der Waals surface area (Å²) in [5, 5.41) is 0. The van der Waals surface area contributed by atoms with E-state index < -0.39 is 6.61 Å². The van der Waals surface area contributed by atoms with Crippen LogP contribution in [0.2, 0.25) is 0 Å². The number of alkyl halides is 2. The summed E-state index contributed by atoms with van der Waals surface area (Å²) in [6.45, 7) is 1.14. The first-order valence-corrected chi connectivity index (χ1v) is 7.16. The molecule has 1 fully saturated rings. The number of nitrogens with zero attached hydrogens (tertiary/aromatic N) is 2. The van der Waals surface area contributed by atoms with Gasteiger partial charge in [0.1, 0.15) is 5.75 Å². The maximum absolute atomic E-state index is 12.5. The number of ether oxygens (including phenoxy) is 2. The summed E-state index contributed by atoms with van der Waals surface area (Å²) in [6, 6.07) is 6.10. The lowest BCUT2D eigenvalue weighted by atomic mass is 10.1. The summed E-state index contributed by atoms with van der Waals surface area (Å²) in [7, 11) is 1.65. The van der Waals surface area contributed by atoms with Crippen LogP contribution in [0.25, 0.3) is 0 Å². The van der Waals surface area contributed by atoms with Crippen LogP contribution < -0.4 is 4.74 Å². The van der Waals surface area contributed by atoms with Crippen molar-refractivity contribution in [3.05, 3.63) is 29.8 Å². The fourth-order valence-corrected chi connectivity index (χ4v) is 2.41. The van der Waals surface area contributed by atoms with E-state index in [4.69, 9.17) is 4.74 Å². The van der Waals surface area contributed by atoms with Crippen LogP contribution in [0.1, 0.15) is 10.4 Å². The molecule has 0 aromatic heterocycles. The molecule has 1 amide bonds. The molecule has 2 rings (SSSR count). The SMILES string of the molecule is COCCN1CCN(C(=O)c2ccccc2OC(F)F)CC1. The Morgan fingerprint density at radius 2 is 1.91 bits per heavy atom. The van der Waals surface area contributed by atoms with Crippen LogP contribution in [0.5, 0.6) is 5.75 Å². The van der Waals surface area contributed by atoms with Crippen LogP contribution in [-0.4, -0.2) is 68.8 Å². The molecule has 0 unspecified atom stereocenters. The molecule has 1 saturated heterocycles. The highest BCUT2D eigenvalue weighted by Crippen LogP contribution is 2.22. The number of carbonyl (C=O) groups excluding carboxylic acids is 1. The Morgan fingerprint density at radius 1 is 1.23 bits per heavy atom. The van der Waals surface area contributed by atoms with E-state index in [1.54, 1.807) is 24.1 Å². The fourth-order valence-electron chi connectivity index (χ4n) is 2.41. The fraction of sp³-hybridized carbons (Fsp3) is 0.533. The second kappa shape index (κ2) is 8.05. The monoisotopic (exact) mass is 314 g/mol. The van der Waals surface area contributed by atoms with Crippen molar-refractivity contribution in [3.63, 3.8) is 0 Å². The Labute approximate surface area is 128 Å². The molecule has 1 aromatic rings. The Kier molecular flexibility index (Phi) is 6.09. The number of carbonyl (C=O) groups is 1. The number of hydrogen-bond donors (Lipinski definition) is 0. The number of hydrogen-bond acceptors (Lipinski definition) is 4. The van der Waals surface area contributed by atoms with Crippen molar-refractivity contribution in [2.24, 2.45) is 0 Å². The van der Waals surface area contributed by atoms with E-state index in [2.05, 4.69) is 9.64 Å². The summed E-state index contributed by atoms with van der Waals surface area (Å²) in [4.78, 5) is 16.3. The van der Waals surface area contributed by atoms with Crippen LogP contribution in [0.15, 0.2) is 24.3 Å².